The molecule has 2 aromatic rings. The summed E-state index contributed by atoms with van der Waals surface area (Å²) in [7, 11) is -1.90. The second-order valence-corrected chi connectivity index (χ2v) is 6.76. The van der Waals surface area contributed by atoms with Gasteiger partial charge in [0.1, 0.15) is 11.3 Å². The van der Waals surface area contributed by atoms with Crippen LogP contribution >= 0.6 is 0 Å². The zero-order chi connectivity index (χ0) is 21.4. The monoisotopic (exact) mass is 400 g/mol. The molecule has 0 unspecified atom stereocenters. The Morgan fingerprint density at radius 3 is 2.48 bits per heavy atom. The third kappa shape index (κ3) is 6.32. The maximum Gasteiger partial charge on any atom is 0.475 e. The van der Waals surface area contributed by atoms with Crippen LogP contribution in [0.3, 0.4) is 0 Å². The van der Waals surface area contributed by atoms with E-state index in [4.69, 9.17) is 10.8 Å². The largest absolute Gasteiger partial charge is 0.507 e. The van der Waals surface area contributed by atoms with E-state index >= 15 is 0 Å². The molecule has 2 aromatic carbocycles. The molecule has 2 rings (SSSR count). The number of para-hydroxylation sites is 1. The molecule has 1 atom stereocenters. The first-order chi connectivity index (χ1) is 13.8. The van der Waals surface area contributed by atoms with Crippen molar-refractivity contribution in [1.29, 1.82) is 0 Å². The molecule has 7 N–H and O–H groups in total. The van der Waals surface area contributed by atoms with Crippen molar-refractivity contribution in [2.45, 2.75) is 31.6 Å². The highest BCUT2D eigenvalue weighted by atomic mass is 16.4. The number of carbonyl (C=O) groups excluding carboxylic acids is 1. The molecule has 0 bridgehead atoms. The number of rotatable bonds is 10. The van der Waals surface area contributed by atoms with Gasteiger partial charge in [-0.3, -0.25) is 4.79 Å². The van der Waals surface area contributed by atoms with Crippen molar-refractivity contribution in [1.82, 2.24) is 5.32 Å². The normalized spacial score (nSPS) is 11.7. The SMILES string of the molecule is NCCCCc1cccc(C(=O)N[C@@H](Cc2cccc(C(=O)O)c2O)B(O)O)c1. The number of carboxylic acids is 1. The highest BCUT2D eigenvalue weighted by Gasteiger charge is 2.28. The Morgan fingerprint density at radius 2 is 1.83 bits per heavy atom. The molecule has 0 aliphatic carbocycles. The number of aromatic carboxylic acids is 1. The van der Waals surface area contributed by atoms with Gasteiger partial charge in [0.25, 0.3) is 5.91 Å². The minimum absolute atomic E-state index is 0.160. The summed E-state index contributed by atoms with van der Waals surface area (Å²) in [5.74, 6) is -3.42. The van der Waals surface area contributed by atoms with E-state index in [0.29, 0.717) is 12.1 Å². The van der Waals surface area contributed by atoms with Crippen molar-refractivity contribution in [3.05, 3.63) is 64.7 Å². The van der Waals surface area contributed by atoms with E-state index in [1.54, 1.807) is 18.2 Å². The van der Waals surface area contributed by atoms with Crippen molar-refractivity contribution < 1.29 is 29.9 Å². The Kier molecular flexibility index (Phi) is 8.20. The van der Waals surface area contributed by atoms with Gasteiger partial charge in [-0.2, -0.15) is 0 Å². The number of phenols is 1. The fraction of sp³-hybridized carbons (Fsp3) is 0.300. The van der Waals surface area contributed by atoms with Crippen molar-refractivity contribution in [3.63, 3.8) is 0 Å². The molecule has 0 spiro atoms. The van der Waals surface area contributed by atoms with Gasteiger partial charge in [0, 0.05) is 5.56 Å². The van der Waals surface area contributed by atoms with Gasteiger partial charge in [-0.25, -0.2) is 4.79 Å². The number of unbranched alkanes of at least 4 members (excludes halogenated alkanes) is 1. The number of aryl methyl sites for hydroxylation is 1. The summed E-state index contributed by atoms with van der Waals surface area (Å²) in [6.45, 7) is 0.603. The lowest BCUT2D eigenvalue weighted by Crippen LogP contribution is -2.47. The third-order valence-electron chi connectivity index (χ3n) is 4.57. The predicted octanol–water partition coefficient (Wildman–Crippen LogP) is 0.725. The molecule has 0 saturated carbocycles. The topological polar surface area (TPSA) is 153 Å². The lowest BCUT2D eigenvalue weighted by atomic mass is 9.75. The molecule has 0 radical (unpaired) electrons. The first-order valence-corrected chi connectivity index (χ1v) is 9.33. The van der Waals surface area contributed by atoms with Crippen LogP contribution < -0.4 is 11.1 Å². The van der Waals surface area contributed by atoms with Crippen LogP contribution in [-0.2, 0) is 12.8 Å². The average molecular weight is 400 g/mol. The summed E-state index contributed by atoms with van der Waals surface area (Å²) >= 11 is 0. The van der Waals surface area contributed by atoms with Crippen LogP contribution in [0.5, 0.6) is 5.75 Å². The molecule has 0 fully saturated rings. The summed E-state index contributed by atoms with van der Waals surface area (Å²) in [5, 5.41) is 41.1. The minimum Gasteiger partial charge on any atom is -0.507 e. The number of carbonyl (C=O) groups is 2. The molecule has 1 amide bonds. The third-order valence-corrected chi connectivity index (χ3v) is 4.57. The number of carboxylic acid groups (broad SMARTS) is 1. The molecule has 0 saturated heterocycles. The number of nitrogens with two attached hydrogens (primary N) is 1. The van der Waals surface area contributed by atoms with Gasteiger partial charge in [0.2, 0.25) is 0 Å². The Hall–Kier alpha value is -2.88. The number of benzene rings is 2. The van der Waals surface area contributed by atoms with Gasteiger partial charge in [0.05, 0.1) is 5.94 Å². The molecule has 154 valence electrons. The number of hydrogen-bond acceptors (Lipinski definition) is 6. The van der Waals surface area contributed by atoms with Crippen molar-refractivity contribution in [2.75, 3.05) is 6.54 Å². The van der Waals surface area contributed by atoms with Gasteiger partial charge in [-0.15, -0.1) is 0 Å². The van der Waals surface area contributed by atoms with Crippen LogP contribution in [0.15, 0.2) is 42.5 Å². The molecule has 8 nitrogen and oxygen atoms in total. The lowest BCUT2D eigenvalue weighted by molar-refractivity contribution is 0.0693. The van der Waals surface area contributed by atoms with E-state index in [1.165, 1.54) is 18.2 Å². The maximum absolute atomic E-state index is 12.6. The number of nitrogens with one attached hydrogen (secondary N) is 1. The summed E-state index contributed by atoms with van der Waals surface area (Å²) in [6, 6.07) is 11.1. The smallest absolute Gasteiger partial charge is 0.475 e. The van der Waals surface area contributed by atoms with Crippen LogP contribution in [0.1, 0.15) is 44.7 Å². The molecular formula is C20H25BN2O6. The molecule has 0 heterocycles. The molecular weight excluding hydrogens is 375 g/mol. The molecule has 0 aliphatic rings. The van der Waals surface area contributed by atoms with Crippen LogP contribution in [0.25, 0.3) is 0 Å². The van der Waals surface area contributed by atoms with Crippen LogP contribution in [0.4, 0.5) is 0 Å². The maximum atomic E-state index is 12.6. The Bertz CT molecular complexity index is 859. The van der Waals surface area contributed by atoms with E-state index in [2.05, 4.69) is 5.32 Å². The van der Waals surface area contributed by atoms with Gasteiger partial charge < -0.3 is 31.3 Å². The summed E-state index contributed by atoms with van der Waals surface area (Å²) in [5.41, 5.74) is 6.71. The summed E-state index contributed by atoms with van der Waals surface area (Å²) in [6.07, 6.45) is 2.40. The molecule has 0 aliphatic heterocycles. The van der Waals surface area contributed by atoms with E-state index in [1.807, 2.05) is 6.07 Å². The first-order valence-electron chi connectivity index (χ1n) is 9.33. The van der Waals surface area contributed by atoms with Crippen molar-refractivity contribution in [3.8, 4) is 5.75 Å². The highest BCUT2D eigenvalue weighted by molar-refractivity contribution is 6.43. The van der Waals surface area contributed by atoms with E-state index in [-0.39, 0.29) is 17.5 Å². The molecule has 9 heteroatoms. The van der Waals surface area contributed by atoms with E-state index < -0.39 is 30.7 Å². The predicted molar refractivity (Wildman–Crippen MR) is 109 cm³/mol. The second kappa shape index (κ2) is 10.6. The standard InChI is InChI=1S/C20H25BN2O6/c22-10-2-1-5-13-6-3-8-15(11-13)19(25)23-17(21(28)29)12-14-7-4-9-16(18(14)24)20(26)27/h3-4,6-9,11,17,24,28-29H,1-2,5,10,12,22H2,(H,23,25)(H,26,27)/t17-/m0/s1. The highest BCUT2D eigenvalue weighted by Crippen LogP contribution is 2.24. The quantitative estimate of drug-likeness (QED) is 0.254. The van der Waals surface area contributed by atoms with E-state index in [9.17, 15) is 24.7 Å². The second-order valence-electron chi connectivity index (χ2n) is 6.76. The minimum atomic E-state index is -1.90. The first kappa shape index (κ1) is 22.4. The number of hydrogen-bond donors (Lipinski definition) is 6. The fourth-order valence-corrected chi connectivity index (χ4v) is 2.99. The summed E-state index contributed by atoms with van der Waals surface area (Å²) < 4.78 is 0. The Morgan fingerprint density at radius 1 is 1.10 bits per heavy atom. The Balaban J connectivity index is 2.13. The van der Waals surface area contributed by atoms with Gasteiger partial charge in [-0.1, -0.05) is 24.3 Å². The van der Waals surface area contributed by atoms with Crippen molar-refractivity contribution in [2.24, 2.45) is 5.73 Å². The average Bonchev–Trinajstić information content (AvgIpc) is 2.69. The zero-order valence-electron chi connectivity index (χ0n) is 15.9. The number of aromatic hydroxyl groups is 1. The van der Waals surface area contributed by atoms with Crippen molar-refractivity contribution >= 4 is 19.0 Å². The summed E-state index contributed by atoms with van der Waals surface area (Å²) in [4.78, 5) is 23.7. The fourth-order valence-electron chi connectivity index (χ4n) is 2.99. The van der Waals surface area contributed by atoms with Gasteiger partial charge in [-0.05, 0) is 61.6 Å². The Labute approximate surface area is 169 Å². The van der Waals surface area contributed by atoms with Crippen LogP contribution in [-0.4, -0.2) is 51.7 Å². The molecule has 0 aromatic heterocycles. The van der Waals surface area contributed by atoms with Crippen LogP contribution in [0, 0.1) is 0 Å². The van der Waals surface area contributed by atoms with Crippen LogP contribution in [0.2, 0.25) is 0 Å². The van der Waals surface area contributed by atoms with Gasteiger partial charge in [0.15, 0.2) is 0 Å². The lowest BCUT2D eigenvalue weighted by Gasteiger charge is -2.19. The zero-order valence-corrected chi connectivity index (χ0v) is 15.9. The number of amides is 1. The van der Waals surface area contributed by atoms with E-state index in [0.717, 1.165) is 24.8 Å². The molecule has 29 heavy (non-hydrogen) atoms. The van der Waals surface area contributed by atoms with Gasteiger partial charge >= 0.3 is 13.1 Å².